The second kappa shape index (κ2) is 6.97. The number of anilines is 1. The summed E-state index contributed by atoms with van der Waals surface area (Å²) in [5, 5.41) is 29.9. The zero-order valence-corrected chi connectivity index (χ0v) is 14.6. The van der Waals surface area contributed by atoms with Crippen molar-refractivity contribution in [3.63, 3.8) is 0 Å². The van der Waals surface area contributed by atoms with E-state index in [9.17, 15) is 9.90 Å². The van der Waals surface area contributed by atoms with E-state index >= 15 is 0 Å². The largest absolute Gasteiger partial charge is 0.508 e. The predicted octanol–water partition coefficient (Wildman–Crippen LogP) is 2.08. The van der Waals surface area contributed by atoms with E-state index in [2.05, 4.69) is 25.7 Å². The van der Waals surface area contributed by atoms with Crippen LogP contribution in [0.3, 0.4) is 0 Å². The lowest BCUT2D eigenvalue weighted by molar-refractivity contribution is -0.113. The molecular formula is C14H14N6O2S2. The van der Waals surface area contributed by atoms with Crippen molar-refractivity contribution in [3.8, 4) is 17.1 Å². The average Bonchev–Trinajstić information content (AvgIpc) is 3.12. The lowest BCUT2D eigenvalue weighted by atomic mass is 10.2. The number of aromatic hydroxyl groups is 1. The molecule has 124 valence electrons. The van der Waals surface area contributed by atoms with Gasteiger partial charge >= 0.3 is 0 Å². The molecule has 2 heterocycles. The molecule has 8 nitrogen and oxygen atoms in total. The second-order valence-electron chi connectivity index (χ2n) is 4.88. The number of amides is 1. The maximum absolute atomic E-state index is 11.9. The van der Waals surface area contributed by atoms with Crippen molar-refractivity contribution in [2.75, 3.05) is 11.1 Å². The fourth-order valence-corrected chi connectivity index (χ4v) is 3.25. The number of hydrogen-bond donors (Lipinski definition) is 2. The van der Waals surface area contributed by atoms with Crippen molar-refractivity contribution >= 4 is 34.1 Å². The number of carbonyl (C=O) groups excluding carboxylic acids is 1. The van der Waals surface area contributed by atoms with E-state index in [-0.39, 0.29) is 17.4 Å². The number of aromatic nitrogens is 5. The summed E-state index contributed by atoms with van der Waals surface area (Å²) in [5.41, 5.74) is 0.837. The minimum absolute atomic E-state index is 0.176. The molecule has 0 spiro atoms. The lowest BCUT2D eigenvalue weighted by Crippen LogP contribution is -2.14. The van der Waals surface area contributed by atoms with Crippen molar-refractivity contribution in [2.24, 2.45) is 7.05 Å². The average molecular weight is 362 g/mol. The van der Waals surface area contributed by atoms with Gasteiger partial charge in [-0.05, 0) is 31.2 Å². The second-order valence-corrected chi connectivity index (χ2v) is 7.00. The summed E-state index contributed by atoms with van der Waals surface area (Å²) in [6.45, 7) is 1.83. The molecule has 3 aromatic rings. The van der Waals surface area contributed by atoms with Gasteiger partial charge < -0.3 is 9.67 Å². The number of nitrogens with one attached hydrogen (secondary N) is 1. The van der Waals surface area contributed by atoms with Crippen LogP contribution in [0.5, 0.6) is 5.75 Å². The van der Waals surface area contributed by atoms with Crippen LogP contribution in [0, 0.1) is 6.92 Å². The third kappa shape index (κ3) is 3.71. The quantitative estimate of drug-likeness (QED) is 0.669. The highest BCUT2D eigenvalue weighted by Gasteiger charge is 2.13. The number of hydrogen-bond acceptors (Lipinski definition) is 8. The van der Waals surface area contributed by atoms with Crippen molar-refractivity contribution in [3.05, 3.63) is 29.3 Å². The van der Waals surface area contributed by atoms with E-state index < -0.39 is 0 Å². The summed E-state index contributed by atoms with van der Waals surface area (Å²) in [6.07, 6.45) is 0. The zero-order chi connectivity index (χ0) is 17.1. The monoisotopic (exact) mass is 362 g/mol. The molecule has 0 aliphatic heterocycles. The van der Waals surface area contributed by atoms with Gasteiger partial charge in [0.15, 0.2) is 11.0 Å². The minimum atomic E-state index is -0.176. The van der Waals surface area contributed by atoms with Crippen molar-refractivity contribution < 1.29 is 9.90 Å². The summed E-state index contributed by atoms with van der Waals surface area (Å²) < 4.78 is 1.80. The number of phenolic OH excluding ortho intramolecular Hbond substituents is 1. The fourth-order valence-electron chi connectivity index (χ4n) is 1.93. The van der Waals surface area contributed by atoms with Crippen LogP contribution >= 0.6 is 23.1 Å². The van der Waals surface area contributed by atoms with E-state index in [0.717, 1.165) is 10.6 Å². The maximum atomic E-state index is 11.9. The Morgan fingerprint density at radius 3 is 2.67 bits per heavy atom. The molecule has 1 aromatic carbocycles. The van der Waals surface area contributed by atoms with Gasteiger partial charge in [-0.3, -0.25) is 10.1 Å². The Morgan fingerprint density at radius 1 is 1.25 bits per heavy atom. The number of phenols is 1. The Bertz CT molecular complexity index is 859. The summed E-state index contributed by atoms with van der Waals surface area (Å²) in [5.74, 6) is 0.877. The number of thioether (sulfide) groups is 1. The van der Waals surface area contributed by atoms with Gasteiger partial charge in [-0.1, -0.05) is 23.1 Å². The number of aryl methyl sites for hydroxylation is 1. The summed E-state index contributed by atoms with van der Waals surface area (Å²) in [4.78, 5) is 11.9. The van der Waals surface area contributed by atoms with Gasteiger partial charge in [0.1, 0.15) is 10.8 Å². The Kier molecular flexibility index (Phi) is 4.76. The molecule has 0 aliphatic carbocycles. The van der Waals surface area contributed by atoms with Crippen molar-refractivity contribution in [1.82, 2.24) is 25.0 Å². The molecule has 0 fully saturated rings. The maximum Gasteiger partial charge on any atom is 0.236 e. The topological polar surface area (TPSA) is 106 Å². The van der Waals surface area contributed by atoms with Crippen LogP contribution in [0.4, 0.5) is 5.13 Å². The van der Waals surface area contributed by atoms with E-state index in [1.165, 1.54) is 23.1 Å². The summed E-state index contributed by atoms with van der Waals surface area (Å²) in [6, 6.07) is 6.71. The number of rotatable bonds is 5. The molecule has 0 bridgehead atoms. The molecule has 2 aromatic heterocycles. The summed E-state index contributed by atoms with van der Waals surface area (Å²) >= 11 is 2.61. The SMILES string of the molecule is Cc1nnc(NC(=O)CSc2nnc(-c3ccc(O)cc3)n2C)s1. The molecule has 0 saturated heterocycles. The van der Waals surface area contributed by atoms with Crippen molar-refractivity contribution in [2.45, 2.75) is 12.1 Å². The molecule has 0 aliphatic rings. The van der Waals surface area contributed by atoms with Crippen LogP contribution in [0.25, 0.3) is 11.4 Å². The van der Waals surface area contributed by atoms with Crippen molar-refractivity contribution in [1.29, 1.82) is 0 Å². The van der Waals surface area contributed by atoms with Crippen LogP contribution in [0.1, 0.15) is 5.01 Å². The number of nitrogens with zero attached hydrogens (tertiary/aromatic N) is 5. The Morgan fingerprint density at radius 2 is 2.00 bits per heavy atom. The summed E-state index contributed by atoms with van der Waals surface area (Å²) in [7, 11) is 1.83. The first-order valence-corrected chi connectivity index (χ1v) is 8.74. The van der Waals surface area contributed by atoms with Gasteiger partial charge in [-0.15, -0.1) is 20.4 Å². The highest BCUT2D eigenvalue weighted by Crippen LogP contribution is 2.24. The highest BCUT2D eigenvalue weighted by atomic mass is 32.2. The third-order valence-electron chi connectivity index (χ3n) is 3.07. The zero-order valence-electron chi connectivity index (χ0n) is 12.9. The first kappa shape index (κ1) is 16.4. The predicted molar refractivity (Wildman–Crippen MR) is 92.1 cm³/mol. The van der Waals surface area contributed by atoms with Crippen LogP contribution in [-0.2, 0) is 11.8 Å². The highest BCUT2D eigenvalue weighted by molar-refractivity contribution is 7.99. The first-order valence-electron chi connectivity index (χ1n) is 6.94. The van der Waals surface area contributed by atoms with Crippen LogP contribution in [0.2, 0.25) is 0 Å². The Labute approximate surface area is 146 Å². The van der Waals surface area contributed by atoms with E-state index in [4.69, 9.17) is 0 Å². The Hall–Kier alpha value is -2.46. The minimum Gasteiger partial charge on any atom is -0.508 e. The van der Waals surface area contributed by atoms with Gasteiger partial charge in [-0.25, -0.2) is 0 Å². The van der Waals surface area contributed by atoms with Crippen LogP contribution in [0.15, 0.2) is 29.4 Å². The molecule has 2 N–H and O–H groups in total. The molecule has 24 heavy (non-hydrogen) atoms. The van der Waals surface area contributed by atoms with Gasteiger partial charge in [0.05, 0.1) is 5.75 Å². The van der Waals surface area contributed by atoms with Gasteiger partial charge in [-0.2, -0.15) is 0 Å². The number of benzene rings is 1. The molecular weight excluding hydrogens is 348 g/mol. The first-order chi connectivity index (χ1) is 11.5. The van der Waals surface area contributed by atoms with E-state index in [1.807, 2.05) is 14.0 Å². The molecule has 0 unspecified atom stereocenters. The molecule has 0 saturated carbocycles. The molecule has 10 heteroatoms. The standard InChI is InChI=1S/C14H14N6O2S2/c1-8-16-18-13(24-8)15-11(22)7-23-14-19-17-12(20(14)2)9-3-5-10(21)6-4-9/h3-6,21H,7H2,1-2H3,(H,15,18,22). The van der Waals surface area contributed by atoms with E-state index in [0.29, 0.717) is 16.1 Å². The van der Waals surface area contributed by atoms with E-state index in [1.54, 1.807) is 28.8 Å². The number of carbonyl (C=O) groups is 1. The molecule has 3 rings (SSSR count). The Balaban J connectivity index is 1.63. The third-order valence-corrected chi connectivity index (χ3v) is 4.84. The van der Waals surface area contributed by atoms with Gasteiger partial charge in [0, 0.05) is 12.6 Å². The molecule has 1 amide bonds. The smallest absolute Gasteiger partial charge is 0.236 e. The lowest BCUT2D eigenvalue weighted by Gasteiger charge is -2.04. The molecule has 0 atom stereocenters. The van der Waals surface area contributed by atoms with Crippen LogP contribution in [-0.4, -0.2) is 41.7 Å². The fraction of sp³-hybridized carbons (Fsp3) is 0.214. The van der Waals surface area contributed by atoms with Gasteiger partial charge in [0.25, 0.3) is 0 Å². The van der Waals surface area contributed by atoms with Crippen LogP contribution < -0.4 is 5.32 Å². The molecule has 0 radical (unpaired) electrons. The van der Waals surface area contributed by atoms with Gasteiger partial charge in [0.2, 0.25) is 11.0 Å². The normalized spacial score (nSPS) is 10.8.